The fourth-order valence-corrected chi connectivity index (χ4v) is 3.47. The van der Waals surface area contributed by atoms with Crippen LogP contribution in [0.5, 0.6) is 5.75 Å². The number of hydrogen-bond acceptors (Lipinski definition) is 4. The van der Waals surface area contributed by atoms with Gasteiger partial charge in [0.05, 0.1) is 10.7 Å². The molecule has 0 unspecified atom stereocenters. The first-order chi connectivity index (χ1) is 12.7. The third-order valence-electron chi connectivity index (χ3n) is 4.83. The van der Waals surface area contributed by atoms with Gasteiger partial charge in [-0.25, -0.2) is 14.4 Å². The molecular formula is C19H20ClFN4O. The molecule has 0 radical (unpaired) electrons. The number of nitrogens with zero attached hydrogens (tertiary/aromatic N) is 4. The summed E-state index contributed by atoms with van der Waals surface area (Å²) in [5.41, 5.74) is 1.12. The number of ether oxygens (including phenoxy) is 1. The molecular weight excluding hydrogens is 355 g/mol. The zero-order valence-electron chi connectivity index (χ0n) is 14.3. The van der Waals surface area contributed by atoms with E-state index in [4.69, 9.17) is 16.3 Å². The van der Waals surface area contributed by atoms with Crippen molar-refractivity contribution in [1.29, 1.82) is 0 Å². The molecule has 0 aliphatic carbocycles. The van der Waals surface area contributed by atoms with Gasteiger partial charge in [0, 0.05) is 37.1 Å². The lowest BCUT2D eigenvalue weighted by Gasteiger charge is -2.31. The van der Waals surface area contributed by atoms with Crippen LogP contribution >= 0.6 is 11.6 Å². The van der Waals surface area contributed by atoms with Crippen molar-refractivity contribution in [1.82, 2.24) is 19.3 Å². The Morgan fingerprint density at radius 3 is 2.88 bits per heavy atom. The van der Waals surface area contributed by atoms with Gasteiger partial charge in [-0.15, -0.1) is 0 Å². The van der Waals surface area contributed by atoms with E-state index in [1.807, 2.05) is 16.7 Å². The van der Waals surface area contributed by atoms with Crippen molar-refractivity contribution >= 4 is 17.4 Å². The predicted octanol–water partition coefficient (Wildman–Crippen LogP) is 3.78. The van der Waals surface area contributed by atoms with Crippen molar-refractivity contribution in [2.24, 2.45) is 0 Å². The van der Waals surface area contributed by atoms with E-state index in [0.29, 0.717) is 18.3 Å². The van der Waals surface area contributed by atoms with Gasteiger partial charge >= 0.3 is 0 Å². The van der Waals surface area contributed by atoms with Crippen molar-refractivity contribution < 1.29 is 9.13 Å². The summed E-state index contributed by atoms with van der Waals surface area (Å²) in [5, 5.41) is 0.113. The molecule has 0 atom stereocenters. The van der Waals surface area contributed by atoms with E-state index in [1.165, 1.54) is 12.1 Å². The molecule has 0 spiro atoms. The summed E-state index contributed by atoms with van der Waals surface area (Å²) in [6.07, 6.45) is 7.96. The maximum atomic E-state index is 13.4. The number of imidazole rings is 1. The van der Waals surface area contributed by atoms with Crippen molar-refractivity contribution in [2.45, 2.75) is 18.8 Å². The normalized spacial score (nSPS) is 16.2. The maximum Gasteiger partial charge on any atom is 0.233 e. The quantitative estimate of drug-likeness (QED) is 0.681. The second-order valence-electron chi connectivity index (χ2n) is 6.53. The number of benzene rings is 1. The van der Waals surface area contributed by atoms with E-state index in [9.17, 15) is 4.39 Å². The average Bonchev–Trinajstić information content (AvgIpc) is 3.09. The first-order valence-electron chi connectivity index (χ1n) is 8.79. The molecule has 1 aliphatic heterocycles. The Kier molecular flexibility index (Phi) is 5.04. The Morgan fingerprint density at radius 2 is 2.12 bits per heavy atom. The summed E-state index contributed by atoms with van der Waals surface area (Å²) < 4.78 is 21.0. The van der Waals surface area contributed by atoms with Crippen LogP contribution in [0.1, 0.15) is 24.5 Å². The largest absolute Gasteiger partial charge is 0.492 e. The van der Waals surface area contributed by atoms with Gasteiger partial charge in [0.2, 0.25) is 5.78 Å². The molecule has 4 rings (SSSR count). The highest BCUT2D eigenvalue weighted by atomic mass is 35.5. The highest BCUT2D eigenvalue weighted by molar-refractivity contribution is 6.30. The molecule has 1 aliphatic rings. The summed E-state index contributed by atoms with van der Waals surface area (Å²) in [7, 11) is 0. The number of likely N-dealkylation sites (tertiary alicyclic amines) is 1. The lowest BCUT2D eigenvalue weighted by Crippen LogP contribution is -2.35. The number of rotatable bonds is 5. The van der Waals surface area contributed by atoms with Crippen LogP contribution in [0, 0.1) is 5.82 Å². The third kappa shape index (κ3) is 3.81. The highest BCUT2D eigenvalue weighted by Gasteiger charge is 2.22. The van der Waals surface area contributed by atoms with E-state index < -0.39 is 5.82 Å². The highest BCUT2D eigenvalue weighted by Crippen LogP contribution is 2.27. The van der Waals surface area contributed by atoms with Gasteiger partial charge in [0.1, 0.15) is 18.2 Å². The van der Waals surface area contributed by atoms with Crippen LogP contribution in [-0.4, -0.2) is 45.5 Å². The average molecular weight is 375 g/mol. The van der Waals surface area contributed by atoms with Gasteiger partial charge in [0.15, 0.2) is 0 Å². The van der Waals surface area contributed by atoms with Gasteiger partial charge in [-0.2, -0.15) is 0 Å². The third-order valence-corrected chi connectivity index (χ3v) is 5.13. The molecule has 1 aromatic carbocycles. The van der Waals surface area contributed by atoms with Gasteiger partial charge in [0.25, 0.3) is 0 Å². The van der Waals surface area contributed by atoms with E-state index in [-0.39, 0.29) is 5.02 Å². The summed E-state index contributed by atoms with van der Waals surface area (Å²) in [5.74, 6) is 1.29. The molecule has 3 aromatic rings. The van der Waals surface area contributed by atoms with Crippen LogP contribution in [0.4, 0.5) is 4.39 Å². The second kappa shape index (κ2) is 7.60. The van der Waals surface area contributed by atoms with E-state index >= 15 is 0 Å². The first-order valence-corrected chi connectivity index (χ1v) is 9.16. The van der Waals surface area contributed by atoms with Crippen molar-refractivity contribution in [3.63, 3.8) is 0 Å². The van der Waals surface area contributed by atoms with Crippen LogP contribution < -0.4 is 4.74 Å². The molecule has 1 fully saturated rings. The summed E-state index contributed by atoms with van der Waals surface area (Å²) in [6, 6.07) is 6.44. The minimum absolute atomic E-state index is 0.113. The molecule has 1 saturated heterocycles. The Balaban J connectivity index is 1.26. The topological polar surface area (TPSA) is 42.7 Å². The minimum Gasteiger partial charge on any atom is -0.492 e. The Labute approximate surface area is 156 Å². The molecule has 7 heteroatoms. The van der Waals surface area contributed by atoms with E-state index in [0.717, 1.165) is 43.9 Å². The van der Waals surface area contributed by atoms with E-state index in [1.54, 1.807) is 12.3 Å². The predicted molar refractivity (Wildman–Crippen MR) is 98.3 cm³/mol. The first kappa shape index (κ1) is 17.2. The SMILES string of the molecule is Fc1cc(OCCN2CCC(c3cn4cccnc4n3)CC2)ccc1Cl. The monoisotopic (exact) mass is 374 g/mol. The number of piperidine rings is 1. The number of fused-ring (bicyclic) bond motifs is 1. The lowest BCUT2D eigenvalue weighted by molar-refractivity contribution is 0.172. The van der Waals surface area contributed by atoms with Crippen LogP contribution in [0.25, 0.3) is 5.78 Å². The summed E-state index contributed by atoms with van der Waals surface area (Å²) >= 11 is 5.68. The van der Waals surface area contributed by atoms with Crippen molar-refractivity contribution in [2.75, 3.05) is 26.2 Å². The Bertz CT molecular complexity index is 859. The van der Waals surface area contributed by atoms with Gasteiger partial charge in [-0.1, -0.05) is 11.6 Å². The van der Waals surface area contributed by atoms with Crippen LogP contribution in [0.3, 0.4) is 0 Å². The Hall–Kier alpha value is -2.18. The number of halogens is 2. The van der Waals surface area contributed by atoms with Gasteiger partial charge in [-0.05, 0) is 44.1 Å². The molecule has 26 heavy (non-hydrogen) atoms. The fourth-order valence-electron chi connectivity index (χ4n) is 3.36. The lowest BCUT2D eigenvalue weighted by atomic mass is 9.94. The van der Waals surface area contributed by atoms with Crippen LogP contribution in [0.2, 0.25) is 5.02 Å². The number of hydrogen-bond donors (Lipinski definition) is 0. The molecule has 5 nitrogen and oxygen atoms in total. The molecule has 3 heterocycles. The standard InChI is InChI=1S/C19H20ClFN4O/c20-16-3-2-15(12-17(16)21)26-11-10-24-8-4-14(5-9-24)18-13-25-7-1-6-22-19(25)23-18/h1-3,6-7,12-14H,4-5,8-11H2. The summed E-state index contributed by atoms with van der Waals surface area (Å²) in [6.45, 7) is 3.36. The van der Waals surface area contributed by atoms with Crippen molar-refractivity contribution in [3.8, 4) is 5.75 Å². The van der Waals surface area contributed by atoms with Gasteiger partial charge in [-0.3, -0.25) is 9.30 Å². The molecule has 0 N–H and O–H groups in total. The second-order valence-corrected chi connectivity index (χ2v) is 6.94. The van der Waals surface area contributed by atoms with E-state index in [2.05, 4.69) is 21.1 Å². The number of aromatic nitrogens is 3. The molecule has 0 bridgehead atoms. The van der Waals surface area contributed by atoms with Gasteiger partial charge < -0.3 is 4.74 Å². The smallest absolute Gasteiger partial charge is 0.233 e. The fraction of sp³-hybridized carbons (Fsp3) is 0.368. The Morgan fingerprint density at radius 1 is 1.27 bits per heavy atom. The maximum absolute atomic E-state index is 13.4. The minimum atomic E-state index is -0.452. The van der Waals surface area contributed by atoms with Crippen LogP contribution in [-0.2, 0) is 0 Å². The molecule has 0 saturated carbocycles. The van der Waals surface area contributed by atoms with Crippen LogP contribution in [0.15, 0.2) is 42.9 Å². The zero-order valence-corrected chi connectivity index (χ0v) is 15.1. The molecule has 136 valence electrons. The van der Waals surface area contributed by atoms with Crippen molar-refractivity contribution in [3.05, 3.63) is 59.4 Å². The molecule has 0 amide bonds. The zero-order chi connectivity index (χ0) is 17.9. The summed E-state index contributed by atoms with van der Waals surface area (Å²) in [4.78, 5) is 11.3. The molecule has 2 aromatic heterocycles.